The SMILES string of the molecule is CC1=C(/C=C\C2=CCC[C@](C)(C(C)[C@H](C)CCC(O)C(C)C)C2)C[C@@H](O)CC1. The van der Waals surface area contributed by atoms with E-state index in [0.29, 0.717) is 23.2 Å². The number of aliphatic hydroxyl groups excluding tert-OH is 2. The summed E-state index contributed by atoms with van der Waals surface area (Å²) in [4.78, 5) is 0. The fourth-order valence-electron chi connectivity index (χ4n) is 4.93. The summed E-state index contributed by atoms with van der Waals surface area (Å²) < 4.78 is 0. The molecule has 2 aliphatic rings. The van der Waals surface area contributed by atoms with Crippen molar-refractivity contribution in [2.45, 2.75) is 105 Å². The fraction of sp³-hybridized carbons (Fsp3) is 0.769. The molecule has 0 aromatic carbocycles. The predicted molar refractivity (Wildman–Crippen MR) is 120 cm³/mol. The first kappa shape index (κ1) is 23.4. The second kappa shape index (κ2) is 10.3. The molecule has 2 N–H and O–H groups in total. The van der Waals surface area contributed by atoms with Gasteiger partial charge in [0.1, 0.15) is 0 Å². The lowest BCUT2D eigenvalue weighted by molar-refractivity contribution is 0.0823. The molecule has 28 heavy (non-hydrogen) atoms. The van der Waals surface area contributed by atoms with E-state index in [1.165, 1.54) is 23.1 Å². The van der Waals surface area contributed by atoms with Crippen molar-refractivity contribution in [1.29, 1.82) is 0 Å². The van der Waals surface area contributed by atoms with Gasteiger partial charge in [-0.25, -0.2) is 0 Å². The number of aliphatic hydroxyl groups is 2. The van der Waals surface area contributed by atoms with Crippen LogP contribution in [0.2, 0.25) is 0 Å². The van der Waals surface area contributed by atoms with Gasteiger partial charge in [0.25, 0.3) is 0 Å². The molecule has 2 unspecified atom stereocenters. The topological polar surface area (TPSA) is 40.5 Å². The number of rotatable bonds is 8. The van der Waals surface area contributed by atoms with Gasteiger partial charge >= 0.3 is 0 Å². The third-order valence-corrected chi connectivity index (χ3v) is 7.72. The largest absolute Gasteiger partial charge is 0.393 e. The lowest BCUT2D eigenvalue weighted by Gasteiger charge is -2.42. The van der Waals surface area contributed by atoms with Gasteiger partial charge in [-0.05, 0) is 87.0 Å². The minimum atomic E-state index is -0.172. The molecular formula is C26H44O2. The standard InChI is InChI=1S/C26H44O2/c1-18(2)25(28)14-10-19(3)21(5)26(6)15-7-8-22(17-26)11-12-23-16-24(27)13-9-20(23)4/h8,11-12,18-19,21,24-25,27-28H,7,9-10,13-17H2,1-6H3/b12-11-/t19-,21?,24+,25?,26+/m1/s1. The first-order chi connectivity index (χ1) is 13.1. The van der Waals surface area contributed by atoms with Crippen LogP contribution >= 0.6 is 0 Å². The highest BCUT2D eigenvalue weighted by molar-refractivity contribution is 5.34. The van der Waals surface area contributed by atoms with E-state index in [4.69, 9.17) is 0 Å². The molecular weight excluding hydrogens is 344 g/mol. The molecule has 160 valence electrons. The summed E-state index contributed by atoms with van der Waals surface area (Å²) in [6.45, 7) is 13.7. The predicted octanol–water partition coefficient (Wildman–Crippen LogP) is 6.59. The zero-order chi connectivity index (χ0) is 20.9. The Hall–Kier alpha value is -0.860. The molecule has 2 rings (SSSR count). The quantitative estimate of drug-likeness (QED) is 0.492. The summed E-state index contributed by atoms with van der Waals surface area (Å²) in [6, 6.07) is 0. The third kappa shape index (κ3) is 6.32. The van der Waals surface area contributed by atoms with Crippen molar-refractivity contribution < 1.29 is 10.2 Å². The average Bonchev–Trinajstić information content (AvgIpc) is 2.65. The Kier molecular flexibility index (Phi) is 8.58. The molecule has 0 fully saturated rings. The summed E-state index contributed by atoms with van der Waals surface area (Å²) in [5, 5.41) is 20.1. The van der Waals surface area contributed by atoms with Gasteiger partial charge in [0, 0.05) is 0 Å². The van der Waals surface area contributed by atoms with Crippen LogP contribution in [0.15, 0.2) is 34.9 Å². The second-order valence-corrected chi connectivity index (χ2v) is 10.3. The molecule has 0 amide bonds. The molecule has 2 nitrogen and oxygen atoms in total. The molecule has 0 saturated heterocycles. The lowest BCUT2D eigenvalue weighted by Crippen LogP contribution is -2.32. The van der Waals surface area contributed by atoms with Crippen molar-refractivity contribution in [3.8, 4) is 0 Å². The second-order valence-electron chi connectivity index (χ2n) is 10.3. The Morgan fingerprint density at radius 3 is 2.57 bits per heavy atom. The van der Waals surface area contributed by atoms with Crippen LogP contribution in [-0.2, 0) is 0 Å². The zero-order valence-electron chi connectivity index (χ0n) is 19.2. The van der Waals surface area contributed by atoms with Crippen LogP contribution in [0.25, 0.3) is 0 Å². The number of hydrogen-bond acceptors (Lipinski definition) is 2. The van der Waals surface area contributed by atoms with Gasteiger partial charge in [0.2, 0.25) is 0 Å². The van der Waals surface area contributed by atoms with E-state index < -0.39 is 0 Å². The molecule has 2 heteroatoms. The molecule has 0 heterocycles. The highest BCUT2D eigenvalue weighted by Gasteiger charge is 2.36. The molecule has 2 aliphatic carbocycles. The van der Waals surface area contributed by atoms with E-state index in [-0.39, 0.29) is 12.2 Å². The van der Waals surface area contributed by atoms with E-state index >= 15 is 0 Å². The smallest absolute Gasteiger partial charge is 0.0583 e. The molecule has 0 aromatic heterocycles. The van der Waals surface area contributed by atoms with Gasteiger partial charge in [0.05, 0.1) is 12.2 Å². The Morgan fingerprint density at radius 1 is 1.18 bits per heavy atom. The molecule has 0 bridgehead atoms. The van der Waals surface area contributed by atoms with Crippen LogP contribution in [0.3, 0.4) is 0 Å². The van der Waals surface area contributed by atoms with E-state index in [1.54, 1.807) is 0 Å². The highest BCUT2D eigenvalue weighted by Crippen LogP contribution is 2.46. The maximum atomic E-state index is 10.2. The van der Waals surface area contributed by atoms with E-state index in [9.17, 15) is 10.2 Å². The van der Waals surface area contributed by atoms with E-state index in [1.807, 2.05) is 0 Å². The van der Waals surface area contributed by atoms with Gasteiger partial charge in [-0.15, -0.1) is 0 Å². The highest BCUT2D eigenvalue weighted by atomic mass is 16.3. The Labute approximate surface area is 173 Å². The van der Waals surface area contributed by atoms with Crippen LogP contribution in [-0.4, -0.2) is 22.4 Å². The van der Waals surface area contributed by atoms with Crippen molar-refractivity contribution in [3.05, 3.63) is 34.9 Å². The maximum Gasteiger partial charge on any atom is 0.0583 e. The Morgan fingerprint density at radius 2 is 1.89 bits per heavy atom. The first-order valence-corrected chi connectivity index (χ1v) is 11.5. The molecule has 0 radical (unpaired) electrons. The zero-order valence-corrected chi connectivity index (χ0v) is 19.2. The molecule has 5 atom stereocenters. The van der Waals surface area contributed by atoms with Crippen LogP contribution in [0, 0.1) is 23.2 Å². The summed E-state index contributed by atoms with van der Waals surface area (Å²) >= 11 is 0. The van der Waals surface area contributed by atoms with Crippen molar-refractivity contribution >= 4 is 0 Å². The van der Waals surface area contributed by atoms with Crippen molar-refractivity contribution in [3.63, 3.8) is 0 Å². The van der Waals surface area contributed by atoms with Crippen molar-refractivity contribution in [2.24, 2.45) is 23.2 Å². The van der Waals surface area contributed by atoms with Crippen LogP contribution in [0.1, 0.15) is 92.9 Å². The maximum absolute atomic E-state index is 10.2. The Bertz CT molecular complexity index is 598. The summed E-state index contributed by atoms with van der Waals surface area (Å²) in [7, 11) is 0. The third-order valence-electron chi connectivity index (χ3n) is 7.72. The van der Waals surface area contributed by atoms with E-state index in [2.05, 4.69) is 59.8 Å². The fourth-order valence-corrected chi connectivity index (χ4v) is 4.93. The van der Waals surface area contributed by atoms with E-state index in [0.717, 1.165) is 44.9 Å². The monoisotopic (exact) mass is 388 g/mol. The lowest BCUT2D eigenvalue weighted by atomic mass is 9.63. The molecule has 0 saturated carbocycles. The Balaban J connectivity index is 1.98. The normalized spacial score (nSPS) is 29.9. The van der Waals surface area contributed by atoms with Crippen LogP contribution < -0.4 is 0 Å². The summed E-state index contributed by atoms with van der Waals surface area (Å²) in [5.74, 6) is 1.62. The van der Waals surface area contributed by atoms with Gasteiger partial charge in [-0.3, -0.25) is 0 Å². The van der Waals surface area contributed by atoms with Crippen LogP contribution in [0.4, 0.5) is 0 Å². The molecule has 0 aromatic rings. The summed E-state index contributed by atoms with van der Waals surface area (Å²) in [6.07, 6.45) is 14.9. The van der Waals surface area contributed by atoms with Gasteiger partial charge in [-0.1, -0.05) is 64.0 Å². The minimum absolute atomic E-state index is 0.170. The first-order valence-electron chi connectivity index (χ1n) is 11.5. The van der Waals surface area contributed by atoms with Crippen molar-refractivity contribution in [1.82, 2.24) is 0 Å². The van der Waals surface area contributed by atoms with Gasteiger partial charge in [0.15, 0.2) is 0 Å². The molecule has 0 aliphatic heterocycles. The van der Waals surface area contributed by atoms with Crippen molar-refractivity contribution in [2.75, 3.05) is 0 Å². The van der Waals surface area contributed by atoms with Gasteiger partial charge < -0.3 is 10.2 Å². The number of hydrogen-bond donors (Lipinski definition) is 2. The number of allylic oxidation sites excluding steroid dienone is 5. The van der Waals surface area contributed by atoms with Gasteiger partial charge in [-0.2, -0.15) is 0 Å². The van der Waals surface area contributed by atoms with Crippen LogP contribution in [0.5, 0.6) is 0 Å². The minimum Gasteiger partial charge on any atom is -0.393 e. The molecule has 0 spiro atoms. The summed E-state index contributed by atoms with van der Waals surface area (Å²) in [5.41, 5.74) is 4.55. The average molecular weight is 389 g/mol.